The molecule has 30 heavy (non-hydrogen) atoms. The highest BCUT2D eigenvalue weighted by molar-refractivity contribution is 14.0. The number of methoxy groups -OCH3 is 4. The molecular formula is C21H30IN3O5. The molecule has 0 aromatic heterocycles. The van der Waals surface area contributed by atoms with E-state index in [1.807, 2.05) is 36.4 Å². The summed E-state index contributed by atoms with van der Waals surface area (Å²) in [5, 5.41) is 6.47. The molecule has 0 atom stereocenters. The van der Waals surface area contributed by atoms with Gasteiger partial charge >= 0.3 is 0 Å². The summed E-state index contributed by atoms with van der Waals surface area (Å²) in [7, 11) is 8.07. The first-order chi connectivity index (χ1) is 14.1. The third-order valence-electron chi connectivity index (χ3n) is 4.07. The van der Waals surface area contributed by atoms with Crippen LogP contribution in [0.2, 0.25) is 0 Å². The average molecular weight is 531 g/mol. The van der Waals surface area contributed by atoms with Gasteiger partial charge in [0.15, 0.2) is 17.5 Å². The topological polar surface area (TPSA) is 82.6 Å². The standard InChI is InChI=1S/C21H29N3O5.HI/c1-22-21(23-10-7-11-29-17-9-6-8-16(14-17)25-2)24-15-12-18(26-3)20(28-5)19(13-15)27-4;/h6,8-9,12-14H,7,10-11H2,1-5H3,(H2,22,23,24);1H. The van der Waals surface area contributed by atoms with Crippen molar-refractivity contribution in [1.29, 1.82) is 0 Å². The van der Waals surface area contributed by atoms with Gasteiger partial charge in [0.05, 0.1) is 35.0 Å². The summed E-state index contributed by atoms with van der Waals surface area (Å²) in [6.07, 6.45) is 0.799. The highest BCUT2D eigenvalue weighted by atomic mass is 127. The smallest absolute Gasteiger partial charge is 0.203 e. The maximum Gasteiger partial charge on any atom is 0.203 e. The van der Waals surface area contributed by atoms with E-state index in [1.54, 1.807) is 35.5 Å². The van der Waals surface area contributed by atoms with E-state index in [-0.39, 0.29) is 24.0 Å². The van der Waals surface area contributed by atoms with Crippen LogP contribution in [0.4, 0.5) is 5.69 Å². The molecule has 0 amide bonds. The second-order valence-electron chi connectivity index (χ2n) is 5.92. The van der Waals surface area contributed by atoms with Crippen LogP contribution in [-0.4, -0.2) is 54.6 Å². The molecule has 0 radical (unpaired) electrons. The van der Waals surface area contributed by atoms with Gasteiger partial charge in [-0.3, -0.25) is 4.99 Å². The Balaban J connectivity index is 0.00000450. The van der Waals surface area contributed by atoms with Gasteiger partial charge < -0.3 is 34.3 Å². The molecule has 0 aliphatic rings. The minimum absolute atomic E-state index is 0. The van der Waals surface area contributed by atoms with E-state index in [1.165, 1.54) is 0 Å². The van der Waals surface area contributed by atoms with Crippen LogP contribution in [0.5, 0.6) is 28.7 Å². The fraction of sp³-hybridized carbons (Fsp3) is 0.381. The Kier molecular flexibility index (Phi) is 11.6. The van der Waals surface area contributed by atoms with Crippen LogP contribution in [0.1, 0.15) is 6.42 Å². The average Bonchev–Trinajstić information content (AvgIpc) is 2.77. The SMILES string of the molecule is CN=C(NCCCOc1cccc(OC)c1)Nc1cc(OC)c(OC)c(OC)c1.I. The third-order valence-corrected chi connectivity index (χ3v) is 4.07. The van der Waals surface area contributed by atoms with E-state index in [2.05, 4.69) is 15.6 Å². The molecule has 0 aliphatic carbocycles. The molecule has 2 aromatic carbocycles. The summed E-state index contributed by atoms with van der Waals surface area (Å²) in [6.45, 7) is 1.26. The van der Waals surface area contributed by atoms with Crippen molar-refractivity contribution >= 4 is 35.6 Å². The van der Waals surface area contributed by atoms with E-state index < -0.39 is 0 Å². The minimum Gasteiger partial charge on any atom is -0.497 e. The van der Waals surface area contributed by atoms with E-state index in [4.69, 9.17) is 23.7 Å². The summed E-state index contributed by atoms with van der Waals surface area (Å²) in [6, 6.07) is 11.2. The van der Waals surface area contributed by atoms with E-state index in [0.29, 0.717) is 36.4 Å². The predicted molar refractivity (Wildman–Crippen MR) is 130 cm³/mol. The van der Waals surface area contributed by atoms with Crippen molar-refractivity contribution in [3.8, 4) is 28.7 Å². The van der Waals surface area contributed by atoms with Crippen LogP contribution in [0.3, 0.4) is 0 Å². The Morgan fingerprint density at radius 1 is 0.900 bits per heavy atom. The van der Waals surface area contributed by atoms with Crippen LogP contribution in [0.25, 0.3) is 0 Å². The number of hydrogen-bond donors (Lipinski definition) is 2. The zero-order valence-electron chi connectivity index (χ0n) is 18.0. The number of benzene rings is 2. The molecule has 0 saturated carbocycles. The molecule has 0 saturated heterocycles. The van der Waals surface area contributed by atoms with E-state index >= 15 is 0 Å². The van der Waals surface area contributed by atoms with Crippen molar-refractivity contribution in [3.05, 3.63) is 36.4 Å². The van der Waals surface area contributed by atoms with Crippen molar-refractivity contribution in [3.63, 3.8) is 0 Å². The molecule has 0 unspecified atom stereocenters. The van der Waals surface area contributed by atoms with Crippen LogP contribution in [0, 0.1) is 0 Å². The lowest BCUT2D eigenvalue weighted by molar-refractivity contribution is 0.309. The Morgan fingerprint density at radius 3 is 2.13 bits per heavy atom. The summed E-state index contributed by atoms with van der Waals surface area (Å²) < 4.78 is 27.0. The maximum atomic E-state index is 5.74. The van der Waals surface area contributed by atoms with Gasteiger partial charge in [-0.05, 0) is 18.6 Å². The van der Waals surface area contributed by atoms with Crippen molar-refractivity contribution in [2.24, 2.45) is 4.99 Å². The summed E-state index contributed by atoms with van der Waals surface area (Å²) in [4.78, 5) is 4.24. The third kappa shape index (κ3) is 7.36. The number of hydrogen-bond acceptors (Lipinski definition) is 6. The first-order valence-corrected chi connectivity index (χ1v) is 9.19. The van der Waals surface area contributed by atoms with Gasteiger partial charge in [-0.25, -0.2) is 0 Å². The number of rotatable bonds is 10. The van der Waals surface area contributed by atoms with E-state index in [0.717, 1.165) is 23.6 Å². The second-order valence-corrected chi connectivity index (χ2v) is 5.92. The van der Waals surface area contributed by atoms with Gasteiger partial charge in [0.25, 0.3) is 0 Å². The fourth-order valence-electron chi connectivity index (χ4n) is 2.63. The molecule has 2 N–H and O–H groups in total. The number of anilines is 1. The van der Waals surface area contributed by atoms with Gasteiger partial charge in [0.2, 0.25) is 5.75 Å². The summed E-state index contributed by atoms with van der Waals surface area (Å²) in [5.41, 5.74) is 0.764. The Bertz CT molecular complexity index is 792. The highest BCUT2D eigenvalue weighted by Gasteiger charge is 2.13. The van der Waals surface area contributed by atoms with E-state index in [9.17, 15) is 0 Å². The molecule has 0 aliphatic heterocycles. The van der Waals surface area contributed by atoms with Crippen molar-refractivity contribution in [2.75, 3.05) is 54.0 Å². The van der Waals surface area contributed by atoms with Gasteiger partial charge in [-0.2, -0.15) is 0 Å². The first-order valence-electron chi connectivity index (χ1n) is 9.19. The molecule has 166 valence electrons. The van der Waals surface area contributed by atoms with Gasteiger partial charge in [0.1, 0.15) is 11.5 Å². The van der Waals surface area contributed by atoms with Crippen LogP contribution >= 0.6 is 24.0 Å². The number of nitrogens with zero attached hydrogens (tertiary/aromatic N) is 1. The molecule has 0 bridgehead atoms. The van der Waals surface area contributed by atoms with Gasteiger partial charge in [0, 0.05) is 37.5 Å². The lowest BCUT2D eigenvalue weighted by atomic mass is 10.2. The quantitative estimate of drug-likeness (QED) is 0.209. The largest absolute Gasteiger partial charge is 0.497 e. The lowest BCUT2D eigenvalue weighted by Crippen LogP contribution is -2.32. The zero-order chi connectivity index (χ0) is 21.1. The van der Waals surface area contributed by atoms with Gasteiger partial charge in [-0.1, -0.05) is 6.07 Å². The van der Waals surface area contributed by atoms with Crippen LogP contribution in [-0.2, 0) is 0 Å². The molecular weight excluding hydrogens is 501 g/mol. The molecule has 8 nitrogen and oxygen atoms in total. The molecule has 2 aromatic rings. The molecule has 0 fully saturated rings. The number of nitrogens with one attached hydrogen (secondary N) is 2. The zero-order valence-corrected chi connectivity index (χ0v) is 20.3. The second kappa shape index (κ2) is 13.6. The van der Waals surface area contributed by atoms with Crippen molar-refractivity contribution in [1.82, 2.24) is 5.32 Å². The van der Waals surface area contributed by atoms with Crippen LogP contribution < -0.4 is 34.3 Å². The highest BCUT2D eigenvalue weighted by Crippen LogP contribution is 2.39. The number of ether oxygens (including phenoxy) is 5. The Labute approximate surface area is 194 Å². The predicted octanol–water partition coefficient (Wildman–Crippen LogP) is 3.80. The Hall–Kier alpha value is -2.56. The lowest BCUT2D eigenvalue weighted by Gasteiger charge is -2.16. The molecule has 2 rings (SSSR count). The maximum absolute atomic E-state index is 5.74. The van der Waals surface area contributed by atoms with Crippen molar-refractivity contribution < 1.29 is 23.7 Å². The molecule has 0 heterocycles. The fourth-order valence-corrected chi connectivity index (χ4v) is 2.63. The Morgan fingerprint density at radius 2 is 1.57 bits per heavy atom. The normalized spacial score (nSPS) is 10.5. The summed E-state index contributed by atoms with van der Waals surface area (Å²) >= 11 is 0. The molecule has 0 spiro atoms. The number of aliphatic imine (C=N–C) groups is 1. The monoisotopic (exact) mass is 531 g/mol. The summed E-state index contributed by atoms with van der Waals surface area (Å²) in [5.74, 6) is 3.85. The van der Waals surface area contributed by atoms with Gasteiger partial charge in [-0.15, -0.1) is 24.0 Å². The first kappa shape index (κ1) is 25.5. The minimum atomic E-state index is 0. The number of guanidine groups is 1. The molecule has 9 heteroatoms. The van der Waals surface area contributed by atoms with Crippen molar-refractivity contribution in [2.45, 2.75) is 6.42 Å². The number of halogens is 1. The van der Waals surface area contributed by atoms with Crippen LogP contribution in [0.15, 0.2) is 41.4 Å².